The van der Waals surface area contributed by atoms with Crippen molar-refractivity contribution in [2.24, 2.45) is 22.7 Å². The van der Waals surface area contributed by atoms with E-state index in [1.807, 2.05) is 13.8 Å². The fourth-order valence-corrected chi connectivity index (χ4v) is 9.28. The molecular weight excluding hydrogens is 566 g/mol. The maximum absolute atomic E-state index is 14.3. The number of aliphatic hydroxyl groups is 1. The van der Waals surface area contributed by atoms with Crippen molar-refractivity contribution in [3.8, 4) is 0 Å². The Morgan fingerprint density at radius 3 is 2.36 bits per heavy atom. The van der Waals surface area contributed by atoms with Gasteiger partial charge in [-0.05, 0) is 63.7 Å². The third-order valence-corrected chi connectivity index (χ3v) is 11.7. The number of methoxy groups -OCH3 is 1. The molecule has 242 valence electrons. The van der Waals surface area contributed by atoms with E-state index >= 15 is 0 Å². The summed E-state index contributed by atoms with van der Waals surface area (Å²) >= 11 is 0. The summed E-state index contributed by atoms with van der Waals surface area (Å²) in [6, 6.07) is 0.547. The molecule has 0 aromatic carbocycles. The number of likely N-dealkylation sites (tertiary alicyclic amines) is 1. The topological polar surface area (TPSA) is 126 Å². The molecule has 6 aliphatic rings. The van der Waals surface area contributed by atoms with Gasteiger partial charge in [-0.25, -0.2) is 4.79 Å². The van der Waals surface area contributed by atoms with Crippen LogP contribution in [-0.2, 0) is 33.4 Å². The summed E-state index contributed by atoms with van der Waals surface area (Å²) in [4.78, 5) is 61.5. The van der Waals surface area contributed by atoms with Crippen molar-refractivity contribution in [2.45, 2.75) is 77.2 Å². The average molecular weight is 614 g/mol. The first-order valence-corrected chi connectivity index (χ1v) is 16.2. The molecule has 3 aliphatic carbocycles. The molecule has 3 aliphatic heterocycles. The highest BCUT2D eigenvalue weighted by Gasteiger charge is 2.67. The Morgan fingerprint density at radius 2 is 1.73 bits per heavy atom. The number of allylic oxidation sites excluding steroid dienone is 1. The Kier molecular flexibility index (Phi) is 8.30. The van der Waals surface area contributed by atoms with Gasteiger partial charge in [0.05, 0.1) is 24.2 Å². The van der Waals surface area contributed by atoms with Crippen LogP contribution in [-0.4, -0.2) is 128 Å². The summed E-state index contributed by atoms with van der Waals surface area (Å²) in [6.45, 7) is 10.3. The van der Waals surface area contributed by atoms with Crippen molar-refractivity contribution in [1.82, 2.24) is 14.7 Å². The molecule has 1 saturated carbocycles. The van der Waals surface area contributed by atoms with Crippen LogP contribution in [0.25, 0.3) is 0 Å². The number of carbonyl (C=O) groups is 4. The quantitative estimate of drug-likeness (QED) is 0.274. The van der Waals surface area contributed by atoms with Gasteiger partial charge < -0.3 is 29.1 Å². The van der Waals surface area contributed by atoms with Crippen molar-refractivity contribution in [3.05, 3.63) is 22.9 Å². The highest BCUT2D eigenvalue weighted by molar-refractivity contribution is 6.47. The van der Waals surface area contributed by atoms with Crippen LogP contribution < -0.4 is 0 Å². The second kappa shape index (κ2) is 11.6. The van der Waals surface area contributed by atoms with Gasteiger partial charge in [-0.15, -0.1) is 0 Å². The minimum absolute atomic E-state index is 0.0108. The second-order valence-corrected chi connectivity index (χ2v) is 14.2. The molecule has 11 heteroatoms. The van der Waals surface area contributed by atoms with Crippen LogP contribution in [0, 0.1) is 22.7 Å². The SMILES string of the molecule is COC[C@H]1OC(=O)/C(=C/N2CCN(C3CCN(C)CC3)CC2)C2C(=O)C(=O)C3=C([C@H](OC(C)=O)C[C@@]4(C)C3CC[C@@H]4O)[C@]21C. The molecular formula is C33H47N3O8. The normalized spacial score (nSPS) is 39.7. The fraction of sp³-hybridized carbons (Fsp3) is 0.758. The number of piperidine rings is 1. The van der Waals surface area contributed by atoms with Gasteiger partial charge >= 0.3 is 11.9 Å². The molecule has 0 radical (unpaired) electrons. The van der Waals surface area contributed by atoms with Gasteiger partial charge in [-0.2, -0.15) is 0 Å². The van der Waals surface area contributed by atoms with E-state index < -0.39 is 58.6 Å². The van der Waals surface area contributed by atoms with E-state index in [1.54, 1.807) is 6.20 Å². The smallest absolute Gasteiger partial charge is 0.336 e. The highest BCUT2D eigenvalue weighted by atomic mass is 16.6. The number of ether oxygens (including phenoxy) is 3. The third kappa shape index (κ3) is 4.94. The molecule has 6 rings (SSSR count). The standard InChI is InChI=1S/C33H47N3O8/c1-19(37)43-23-16-32(2)22(6-7-24(32)38)26-28(23)33(3)25(18-42-5)44-31(41)21(27(33)30(40)29(26)39)17-35-12-14-36(15-13-35)20-8-10-34(4)11-9-20/h17,20,22-25,27,38H,6-16,18H2,1-5H3/b21-17+/t22?,23-,24+,25-,27?,32+,33+/m1/s1. The number of rotatable bonds is 5. The first-order chi connectivity index (χ1) is 20.9. The van der Waals surface area contributed by atoms with Crippen LogP contribution in [0.15, 0.2) is 22.9 Å². The monoisotopic (exact) mass is 613 g/mol. The highest BCUT2D eigenvalue weighted by Crippen LogP contribution is 2.63. The van der Waals surface area contributed by atoms with E-state index in [0.29, 0.717) is 49.5 Å². The Morgan fingerprint density at radius 1 is 1.05 bits per heavy atom. The van der Waals surface area contributed by atoms with Crippen LogP contribution in [0.5, 0.6) is 0 Å². The van der Waals surface area contributed by atoms with Gasteiger partial charge in [0, 0.05) is 68.9 Å². The summed E-state index contributed by atoms with van der Waals surface area (Å²) < 4.78 is 17.5. The van der Waals surface area contributed by atoms with Crippen molar-refractivity contribution in [1.29, 1.82) is 0 Å². The average Bonchev–Trinajstić information content (AvgIpc) is 3.27. The third-order valence-electron chi connectivity index (χ3n) is 11.7. The van der Waals surface area contributed by atoms with Crippen LogP contribution in [0.3, 0.4) is 0 Å². The molecule has 0 bridgehead atoms. The number of ketones is 2. The minimum Gasteiger partial charge on any atom is -0.458 e. The van der Waals surface area contributed by atoms with Crippen molar-refractivity contribution >= 4 is 23.5 Å². The van der Waals surface area contributed by atoms with Crippen LogP contribution in [0.1, 0.15) is 52.9 Å². The molecule has 3 saturated heterocycles. The van der Waals surface area contributed by atoms with E-state index in [-0.39, 0.29) is 18.1 Å². The van der Waals surface area contributed by atoms with Crippen LogP contribution in [0.4, 0.5) is 0 Å². The maximum Gasteiger partial charge on any atom is 0.336 e. The van der Waals surface area contributed by atoms with Gasteiger partial charge in [0.15, 0.2) is 0 Å². The summed E-state index contributed by atoms with van der Waals surface area (Å²) in [5.74, 6) is -3.90. The molecule has 44 heavy (non-hydrogen) atoms. The summed E-state index contributed by atoms with van der Waals surface area (Å²) in [5.41, 5.74) is -0.867. The zero-order valence-corrected chi connectivity index (χ0v) is 26.7. The lowest BCUT2D eigenvalue weighted by molar-refractivity contribution is -0.175. The molecule has 3 heterocycles. The van der Waals surface area contributed by atoms with E-state index in [2.05, 4.69) is 21.7 Å². The van der Waals surface area contributed by atoms with E-state index in [0.717, 1.165) is 39.0 Å². The van der Waals surface area contributed by atoms with Crippen molar-refractivity contribution < 1.29 is 38.5 Å². The van der Waals surface area contributed by atoms with Crippen LogP contribution in [0.2, 0.25) is 0 Å². The predicted molar refractivity (Wildman–Crippen MR) is 159 cm³/mol. The Hall–Kier alpha value is -2.60. The maximum atomic E-state index is 14.3. The number of fused-ring (bicyclic) bond motifs is 4. The van der Waals surface area contributed by atoms with E-state index in [4.69, 9.17) is 14.2 Å². The van der Waals surface area contributed by atoms with Gasteiger partial charge in [0.2, 0.25) is 11.6 Å². The number of aliphatic hydroxyl groups excluding tert-OH is 1. The predicted octanol–water partition coefficient (Wildman–Crippen LogP) is 1.34. The van der Waals surface area contributed by atoms with Gasteiger partial charge in [-0.1, -0.05) is 13.8 Å². The zero-order chi connectivity index (χ0) is 31.6. The molecule has 7 atom stereocenters. The van der Waals surface area contributed by atoms with E-state index in [9.17, 15) is 24.3 Å². The first kappa shape index (κ1) is 31.4. The van der Waals surface area contributed by atoms with Gasteiger partial charge in [0.1, 0.15) is 12.2 Å². The lowest BCUT2D eigenvalue weighted by Gasteiger charge is -2.56. The first-order valence-electron chi connectivity index (χ1n) is 16.2. The van der Waals surface area contributed by atoms with Gasteiger partial charge in [-0.3, -0.25) is 19.3 Å². The Bertz CT molecular complexity index is 1280. The Labute approximate surface area is 259 Å². The molecule has 11 nitrogen and oxygen atoms in total. The van der Waals surface area contributed by atoms with Crippen molar-refractivity contribution in [2.75, 3.05) is 60.0 Å². The summed E-state index contributed by atoms with van der Waals surface area (Å²) in [7, 11) is 3.66. The number of cyclic esters (lactones) is 1. The molecule has 0 spiro atoms. The number of piperazine rings is 1. The molecule has 1 N–H and O–H groups in total. The number of hydrogen-bond acceptors (Lipinski definition) is 11. The second-order valence-electron chi connectivity index (χ2n) is 14.2. The summed E-state index contributed by atoms with van der Waals surface area (Å²) in [6.07, 6.45) is 2.93. The fourth-order valence-electron chi connectivity index (χ4n) is 9.28. The molecule has 4 fully saturated rings. The molecule has 0 aromatic heterocycles. The number of esters is 2. The molecule has 0 amide bonds. The van der Waals surface area contributed by atoms with Crippen molar-refractivity contribution in [3.63, 3.8) is 0 Å². The van der Waals surface area contributed by atoms with Crippen LogP contribution >= 0.6 is 0 Å². The Balaban J connectivity index is 1.38. The van der Waals surface area contributed by atoms with Gasteiger partial charge in [0.25, 0.3) is 0 Å². The number of nitrogens with zero attached hydrogens (tertiary/aromatic N) is 3. The largest absolute Gasteiger partial charge is 0.458 e. The summed E-state index contributed by atoms with van der Waals surface area (Å²) in [5, 5.41) is 11.0. The number of carbonyl (C=O) groups excluding carboxylic acids is 4. The number of Topliss-reactive ketones (excluding diaryl/α,β-unsaturated/α-hetero) is 2. The lowest BCUT2D eigenvalue weighted by Crippen LogP contribution is -2.63. The number of hydrogen-bond donors (Lipinski definition) is 1. The van der Waals surface area contributed by atoms with E-state index in [1.165, 1.54) is 14.0 Å². The lowest BCUT2D eigenvalue weighted by atomic mass is 9.50. The molecule has 2 unspecified atom stereocenters. The molecule has 0 aromatic rings. The zero-order valence-electron chi connectivity index (χ0n) is 26.7. The minimum atomic E-state index is -1.18.